The fourth-order valence-corrected chi connectivity index (χ4v) is 2.52. The summed E-state index contributed by atoms with van der Waals surface area (Å²) in [6.45, 7) is -1.04. The van der Waals surface area contributed by atoms with Gasteiger partial charge in [-0.3, -0.25) is 4.89 Å². The van der Waals surface area contributed by atoms with E-state index in [2.05, 4.69) is 8.83 Å². The Balaban J connectivity index is 0. The quantitative estimate of drug-likeness (QED) is 0.142. The van der Waals surface area contributed by atoms with E-state index in [1.165, 1.54) is 0 Å². The normalized spacial score (nSPS) is 20.0. The minimum absolute atomic E-state index is 0. The van der Waals surface area contributed by atoms with E-state index in [0.717, 1.165) is 0 Å². The first-order chi connectivity index (χ1) is 9.30. The van der Waals surface area contributed by atoms with E-state index in [0.29, 0.717) is 0 Å². The summed E-state index contributed by atoms with van der Waals surface area (Å²) >= 11 is 0. The molecule has 0 heterocycles. The van der Waals surface area contributed by atoms with Crippen LogP contribution >= 0.6 is 15.6 Å². The first-order valence-corrected chi connectivity index (χ1v) is 7.99. The second-order valence-corrected chi connectivity index (χ2v) is 6.38. The molecule has 0 aliphatic rings. The van der Waals surface area contributed by atoms with Crippen LogP contribution in [-0.4, -0.2) is 115 Å². The number of aliphatic hydroxyl groups is 5. The zero-order chi connectivity index (χ0) is 17.0. The molecule has 0 rings (SSSR count). The van der Waals surface area contributed by atoms with Gasteiger partial charge in [-0.05, 0) is 0 Å². The van der Waals surface area contributed by atoms with Crippen molar-refractivity contribution in [3.05, 3.63) is 0 Å². The molecule has 5 atom stereocenters. The first-order valence-electron chi connectivity index (χ1n) is 4.97. The van der Waals surface area contributed by atoms with E-state index in [9.17, 15) is 29.2 Å². The van der Waals surface area contributed by atoms with E-state index in [1.54, 1.807) is 0 Å². The van der Waals surface area contributed by atoms with Crippen molar-refractivity contribution in [2.45, 2.75) is 24.4 Å². The predicted octanol–water partition coefficient (Wildman–Crippen LogP) is -4.74. The van der Waals surface area contributed by atoms with E-state index in [4.69, 9.17) is 24.9 Å². The third-order valence-electron chi connectivity index (χ3n) is 1.91. The Kier molecular flexibility index (Phi) is 11.4. The van der Waals surface area contributed by atoms with Gasteiger partial charge < -0.3 is 39.8 Å². The Morgan fingerprint density at radius 2 is 1.45 bits per heavy atom. The number of carbonyl (C=O) groups is 1. The summed E-state index contributed by atoms with van der Waals surface area (Å²) in [5.74, 6) is -2.08. The number of carbonyl (C=O) groups excluding carboxylic acids is 1. The van der Waals surface area contributed by atoms with Gasteiger partial charge in [-0.1, -0.05) is 0 Å². The van der Waals surface area contributed by atoms with E-state index in [-0.39, 0.29) is 37.7 Å². The summed E-state index contributed by atoms with van der Waals surface area (Å²) in [6, 6.07) is 0. The maximum atomic E-state index is 11.1. The summed E-state index contributed by atoms with van der Waals surface area (Å²) in [7, 11) is -11.1. The van der Waals surface area contributed by atoms with Crippen LogP contribution in [0.2, 0.25) is 0 Å². The Labute approximate surface area is 153 Å². The molecular weight excluding hydrogens is 382 g/mol. The van der Waals surface area contributed by atoms with Crippen LogP contribution in [0.5, 0.6) is 0 Å². The predicted molar refractivity (Wildman–Crippen MR) is 68.7 cm³/mol. The van der Waals surface area contributed by atoms with Crippen molar-refractivity contribution in [1.82, 2.24) is 0 Å². The van der Waals surface area contributed by atoms with E-state index < -0.39 is 52.6 Å². The molecule has 0 fully saturated rings. The average molecular weight is 398 g/mol. The van der Waals surface area contributed by atoms with Crippen molar-refractivity contribution in [2.75, 3.05) is 6.61 Å². The maximum absolute atomic E-state index is 11.1. The second kappa shape index (κ2) is 9.96. The van der Waals surface area contributed by atoms with Crippen LogP contribution in [0.25, 0.3) is 0 Å². The van der Waals surface area contributed by atoms with Crippen LogP contribution in [0.4, 0.5) is 0 Å². The van der Waals surface area contributed by atoms with Gasteiger partial charge in [0.15, 0.2) is 6.10 Å². The van der Waals surface area contributed by atoms with Gasteiger partial charge >= 0.3 is 59.4 Å². The molecule has 13 nitrogen and oxygen atoms in total. The van der Waals surface area contributed by atoms with Crippen LogP contribution < -0.4 is 0 Å². The third-order valence-corrected chi connectivity index (χ3v) is 4.00. The third kappa shape index (κ3) is 9.20. The van der Waals surface area contributed by atoms with E-state index >= 15 is 0 Å². The Morgan fingerprint density at radius 3 is 1.82 bits per heavy atom. The number of phosphoric acid groups is 2. The molecule has 0 aromatic rings. The van der Waals surface area contributed by atoms with Crippen LogP contribution in [0, 0.1) is 0 Å². The Bertz CT molecular complexity index is 450. The molecule has 0 saturated carbocycles. The van der Waals surface area contributed by atoms with Crippen LogP contribution in [0.15, 0.2) is 0 Å². The van der Waals surface area contributed by atoms with Crippen LogP contribution in [-0.2, 0) is 22.8 Å². The molecule has 0 radical (unpaired) electrons. The number of phosphoric ester groups is 1. The fourth-order valence-electron chi connectivity index (χ4n) is 0.981. The van der Waals surface area contributed by atoms with Crippen molar-refractivity contribution < 1.29 is 63.0 Å². The summed E-state index contributed by atoms with van der Waals surface area (Å²) in [6.07, 6.45) is -9.29. The van der Waals surface area contributed by atoms with Gasteiger partial charge in [-0.15, -0.1) is 0 Å². The fraction of sp³-hybridized carbons (Fsp3) is 0.833. The number of hydrogen-bond acceptors (Lipinski definition) is 10. The summed E-state index contributed by atoms with van der Waals surface area (Å²) in [5, 5.41) is 45.1. The van der Waals surface area contributed by atoms with Gasteiger partial charge in [-0.25, -0.2) is 13.9 Å². The second-order valence-electron chi connectivity index (χ2n) is 3.63. The van der Waals surface area contributed by atoms with Crippen molar-refractivity contribution >= 4 is 59.4 Å². The summed E-state index contributed by atoms with van der Waals surface area (Å²) in [4.78, 5) is 36.5. The zero-order valence-corrected chi connectivity index (χ0v) is 11.8. The Morgan fingerprint density at radius 1 is 1.00 bits per heavy atom. The molecule has 0 aromatic heterocycles. The van der Waals surface area contributed by atoms with Crippen molar-refractivity contribution in [1.29, 1.82) is 0 Å². The van der Waals surface area contributed by atoms with Gasteiger partial charge in [-0.2, -0.15) is 4.31 Å². The van der Waals surface area contributed by atoms with Crippen LogP contribution in [0.1, 0.15) is 0 Å². The SMILES string of the molecule is O=C(OP(=O)(O)OP(=O)(O)O)[C@H](O)[C@@H](O)[C@H](O)[C@H](O)CO.[CaH2]. The van der Waals surface area contributed by atoms with Gasteiger partial charge in [0.2, 0.25) is 0 Å². The van der Waals surface area contributed by atoms with Crippen LogP contribution in [0.3, 0.4) is 0 Å². The van der Waals surface area contributed by atoms with Crippen molar-refractivity contribution in [3.63, 3.8) is 0 Å². The molecule has 8 N–H and O–H groups in total. The molecule has 22 heavy (non-hydrogen) atoms. The van der Waals surface area contributed by atoms with Gasteiger partial charge in [0.1, 0.15) is 18.3 Å². The van der Waals surface area contributed by atoms with Gasteiger partial charge in [0, 0.05) is 0 Å². The minimum atomic E-state index is -5.60. The number of rotatable bonds is 8. The molecule has 0 amide bonds. The first kappa shape index (κ1) is 25.1. The summed E-state index contributed by atoms with van der Waals surface area (Å²) < 4.78 is 28.1. The van der Waals surface area contributed by atoms with E-state index in [1.807, 2.05) is 0 Å². The molecule has 0 bridgehead atoms. The standard InChI is InChI=1S/C6H14O13P2.Ca.2H/c7-1-2(8)3(9)4(10)5(11)6(12)18-21(16,17)19-20(13,14)15;;;/h2-5,7-11H,1H2,(H,16,17)(H2,13,14,15);;;/t2-,3-,4+,5-;;;/m1.../s1. The molecule has 0 saturated heterocycles. The molecule has 130 valence electrons. The van der Waals surface area contributed by atoms with Crippen molar-refractivity contribution in [3.8, 4) is 0 Å². The van der Waals surface area contributed by atoms with Crippen molar-refractivity contribution in [2.24, 2.45) is 0 Å². The molecule has 1 unspecified atom stereocenters. The van der Waals surface area contributed by atoms with Gasteiger partial charge in [0.05, 0.1) is 6.61 Å². The monoisotopic (exact) mass is 398 g/mol. The molecular formula is C6H16CaO13P2. The molecule has 16 heteroatoms. The zero-order valence-electron chi connectivity index (χ0n) is 10.0. The average Bonchev–Trinajstić information content (AvgIpc) is 2.31. The molecule has 0 aromatic carbocycles. The number of aliphatic hydroxyl groups excluding tert-OH is 5. The molecule has 0 aliphatic heterocycles. The molecule has 0 aliphatic carbocycles. The summed E-state index contributed by atoms with van der Waals surface area (Å²) in [5.41, 5.74) is 0. The molecule has 0 spiro atoms. The number of hydrogen-bond donors (Lipinski definition) is 8. The Hall–Kier alpha value is 0.830. The topological polar surface area (TPSA) is 232 Å². The van der Waals surface area contributed by atoms with Gasteiger partial charge in [0.25, 0.3) is 0 Å².